The standard InChI is InChI=1S/C24H41N3O4Si/c1-7-30-22(28)15-18-9-8-14-27(16-18)17-21(31-32(5,6)24(2,3)4)19-10-12-20(13-11-19)23(25)26-29/h10-13,18,21,29H,7-9,14-17H2,1-6H3,(H2,25,26)/t18?,21-/m0/s1. The van der Waals surface area contributed by atoms with Crippen LogP contribution in [0.2, 0.25) is 18.1 Å². The van der Waals surface area contributed by atoms with Crippen molar-refractivity contribution in [2.45, 2.75) is 71.2 Å². The van der Waals surface area contributed by atoms with Crippen LogP contribution in [-0.4, -0.2) is 56.5 Å². The first-order valence-corrected chi connectivity index (χ1v) is 14.5. The van der Waals surface area contributed by atoms with E-state index in [0.29, 0.717) is 24.5 Å². The molecule has 32 heavy (non-hydrogen) atoms. The number of carbonyl (C=O) groups excluding carboxylic acids is 1. The van der Waals surface area contributed by atoms with Gasteiger partial charge in [-0.2, -0.15) is 0 Å². The Bertz CT molecular complexity index is 774. The van der Waals surface area contributed by atoms with E-state index in [0.717, 1.165) is 38.0 Å². The molecule has 1 unspecified atom stereocenters. The fourth-order valence-corrected chi connectivity index (χ4v) is 5.12. The molecule has 1 aromatic carbocycles. The zero-order valence-electron chi connectivity index (χ0n) is 20.6. The molecular formula is C24H41N3O4Si. The number of carbonyl (C=O) groups is 1. The zero-order valence-corrected chi connectivity index (χ0v) is 21.6. The number of ether oxygens (including phenoxy) is 1. The molecule has 0 amide bonds. The fraction of sp³-hybridized carbons (Fsp3) is 0.667. The Balaban J connectivity index is 2.20. The van der Waals surface area contributed by atoms with Gasteiger partial charge in [-0.3, -0.25) is 4.79 Å². The number of nitrogens with two attached hydrogens (primary N) is 1. The highest BCUT2D eigenvalue weighted by Crippen LogP contribution is 2.40. The lowest BCUT2D eigenvalue weighted by Crippen LogP contribution is -2.45. The van der Waals surface area contributed by atoms with E-state index < -0.39 is 8.32 Å². The van der Waals surface area contributed by atoms with E-state index in [4.69, 9.17) is 20.1 Å². The monoisotopic (exact) mass is 463 g/mol. The van der Waals surface area contributed by atoms with Gasteiger partial charge in [0, 0.05) is 25.1 Å². The molecule has 0 saturated carbocycles. The van der Waals surface area contributed by atoms with E-state index in [1.165, 1.54) is 0 Å². The highest BCUT2D eigenvalue weighted by molar-refractivity contribution is 6.74. The summed E-state index contributed by atoms with van der Waals surface area (Å²) in [6.07, 6.45) is 2.52. The average Bonchev–Trinajstić information content (AvgIpc) is 2.72. The molecule has 0 aromatic heterocycles. The number of likely N-dealkylation sites (tertiary alicyclic amines) is 1. The number of piperidine rings is 1. The van der Waals surface area contributed by atoms with Crippen molar-refractivity contribution in [1.82, 2.24) is 4.90 Å². The molecule has 2 atom stereocenters. The van der Waals surface area contributed by atoms with Gasteiger partial charge in [-0.05, 0) is 55.9 Å². The van der Waals surface area contributed by atoms with Gasteiger partial charge in [-0.1, -0.05) is 50.2 Å². The normalized spacial score (nSPS) is 19.6. The molecule has 1 aliphatic heterocycles. The molecule has 7 nitrogen and oxygen atoms in total. The Morgan fingerprint density at radius 3 is 2.53 bits per heavy atom. The SMILES string of the molecule is CCOC(=O)CC1CCCN(C[C@H](O[Si](C)(C)C(C)(C)C)c2ccc(/C(N)=N/O)cc2)C1. The maximum absolute atomic E-state index is 12.0. The lowest BCUT2D eigenvalue weighted by molar-refractivity contribution is -0.144. The number of hydrogen-bond donors (Lipinski definition) is 2. The molecule has 1 aromatic rings. The predicted molar refractivity (Wildman–Crippen MR) is 130 cm³/mol. The Morgan fingerprint density at radius 2 is 1.97 bits per heavy atom. The summed E-state index contributed by atoms with van der Waals surface area (Å²) in [4.78, 5) is 14.4. The van der Waals surface area contributed by atoms with Crippen LogP contribution in [0.5, 0.6) is 0 Å². The third kappa shape index (κ3) is 7.32. The van der Waals surface area contributed by atoms with Crippen molar-refractivity contribution in [3.8, 4) is 0 Å². The third-order valence-corrected chi connectivity index (χ3v) is 11.2. The molecule has 0 bridgehead atoms. The summed E-state index contributed by atoms with van der Waals surface area (Å²) in [5.74, 6) is 0.308. The molecule has 1 aliphatic rings. The van der Waals surface area contributed by atoms with E-state index >= 15 is 0 Å². The number of amidine groups is 1. The van der Waals surface area contributed by atoms with Gasteiger partial charge in [0.2, 0.25) is 0 Å². The predicted octanol–water partition coefficient (Wildman–Crippen LogP) is 4.51. The minimum absolute atomic E-state index is 0.0847. The van der Waals surface area contributed by atoms with Crippen LogP contribution in [0, 0.1) is 5.92 Å². The van der Waals surface area contributed by atoms with Crippen LogP contribution in [0.4, 0.5) is 0 Å². The highest BCUT2D eigenvalue weighted by atomic mass is 28.4. The molecule has 1 saturated heterocycles. The van der Waals surface area contributed by atoms with Crippen molar-refractivity contribution in [1.29, 1.82) is 0 Å². The molecular weight excluding hydrogens is 422 g/mol. The number of esters is 1. The van der Waals surface area contributed by atoms with Gasteiger partial charge in [0.1, 0.15) is 0 Å². The van der Waals surface area contributed by atoms with Gasteiger partial charge in [0.15, 0.2) is 14.2 Å². The van der Waals surface area contributed by atoms with Crippen LogP contribution in [0.25, 0.3) is 0 Å². The van der Waals surface area contributed by atoms with Crippen LogP contribution < -0.4 is 5.73 Å². The molecule has 3 N–H and O–H groups in total. The van der Waals surface area contributed by atoms with E-state index in [1.807, 2.05) is 31.2 Å². The van der Waals surface area contributed by atoms with Crippen LogP contribution in [-0.2, 0) is 14.0 Å². The summed E-state index contributed by atoms with van der Waals surface area (Å²) in [7, 11) is -2.02. The lowest BCUT2D eigenvalue weighted by Gasteiger charge is -2.42. The average molecular weight is 464 g/mol. The largest absolute Gasteiger partial charge is 0.466 e. The van der Waals surface area contributed by atoms with Gasteiger partial charge in [0.25, 0.3) is 0 Å². The number of benzene rings is 1. The van der Waals surface area contributed by atoms with Crippen molar-refractivity contribution in [2.75, 3.05) is 26.2 Å². The number of oxime groups is 1. The summed E-state index contributed by atoms with van der Waals surface area (Å²) in [6, 6.07) is 7.74. The van der Waals surface area contributed by atoms with E-state index in [9.17, 15) is 4.79 Å². The number of nitrogens with zero attached hydrogens (tertiary/aromatic N) is 2. The van der Waals surface area contributed by atoms with Crippen LogP contribution in [0.15, 0.2) is 29.4 Å². The van der Waals surface area contributed by atoms with Crippen molar-refractivity contribution < 1.29 is 19.2 Å². The van der Waals surface area contributed by atoms with Crippen molar-refractivity contribution >= 4 is 20.1 Å². The summed E-state index contributed by atoms with van der Waals surface area (Å²) >= 11 is 0. The van der Waals surface area contributed by atoms with Gasteiger partial charge in [-0.25, -0.2) is 0 Å². The van der Waals surface area contributed by atoms with Crippen molar-refractivity contribution in [3.05, 3.63) is 35.4 Å². The lowest BCUT2D eigenvalue weighted by atomic mass is 9.94. The molecule has 0 aliphatic carbocycles. The highest BCUT2D eigenvalue weighted by Gasteiger charge is 2.40. The fourth-order valence-electron chi connectivity index (χ4n) is 3.84. The van der Waals surface area contributed by atoms with E-state index in [2.05, 4.69) is 43.9 Å². The number of hydrogen-bond acceptors (Lipinski definition) is 6. The molecule has 1 fully saturated rings. The smallest absolute Gasteiger partial charge is 0.306 e. The second-order valence-electron chi connectivity index (χ2n) is 10.3. The number of rotatable bonds is 9. The quantitative estimate of drug-likeness (QED) is 0.140. The second-order valence-corrected chi connectivity index (χ2v) is 15.0. The Kier molecular flexibility index (Phi) is 9.30. The molecule has 8 heteroatoms. The molecule has 0 radical (unpaired) electrons. The minimum Gasteiger partial charge on any atom is -0.466 e. The van der Waals surface area contributed by atoms with Crippen LogP contribution >= 0.6 is 0 Å². The van der Waals surface area contributed by atoms with Gasteiger partial charge in [-0.15, -0.1) is 0 Å². The first kappa shape index (κ1) is 26.4. The molecule has 0 spiro atoms. The molecule has 180 valence electrons. The van der Waals surface area contributed by atoms with E-state index in [-0.39, 0.29) is 22.9 Å². The van der Waals surface area contributed by atoms with Gasteiger partial charge < -0.3 is 25.0 Å². The van der Waals surface area contributed by atoms with Crippen molar-refractivity contribution in [2.24, 2.45) is 16.8 Å². The van der Waals surface area contributed by atoms with Gasteiger partial charge in [0.05, 0.1) is 12.7 Å². The Labute approximate surface area is 194 Å². The van der Waals surface area contributed by atoms with E-state index in [1.54, 1.807) is 0 Å². The van der Waals surface area contributed by atoms with Crippen LogP contribution in [0.3, 0.4) is 0 Å². The Hall–Kier alpha value is -1.90. The summed E-state index contributed by atoms with van der Waals surface area (Å²) < 4.78 is 12.0. The summed E-state index contributed by atoms with van der Waals surface area (Å²) in [5.41, 5.74) is 7.49. The first-order chi connectivity index (χ1) is 15.0. The maximum atomic E-state index is 12.0. The third-order valence-electron chi connectivity index (χ3n) is 6.72. The van der Waals surface area contributed by atoms with Gasteiger partial charge >= 0.3 is 5.97 Å². The molecule has 1 heterocycles. The summed E-state index contributed by atoms with van der Waals surface area (Å²) in [6.45, 7) is 16.2. The zero-order chi connectivity index (χ0) is 23.9. The van der Waals surface area contributed by atoms with Crippen LogP contribution in [0.1, 0.15) is 64.2 Å². The molecule has 2 rings (SSSR count). The first-order valence-electron chi connectivity index (χ1n) is 11.6. The second kappa shape index (κ2) is 11.3. The minimum atomic E-state index is -2.02. The Morgan fingerprint density at radius 1 is 1.31 bits per heavy atom. The summed E-state index contributed by atoms with van der Waals surface area (Å²) in [5, 5.41) is 12.1. The maximum Gasteiger partial charge on any atom is 0.306 e. The van der Waals surface area contributed by atoms with Crippen molar-refractivity contribution in [3.63, 3.8) is 0 Å². The topological polar surface area (TPSA) is 97.4 Å².